The van der Waals surface area contributed by atoms with Crippen molar-refractivity contribution in [2.75, 3.05) is 19.0 Å². The number of nitrogens with zero attached hydrogens (tertiary/aromatic N) is 2. The van der Waals surface area contributed by atoms with Crippen LogP contribution < -0.4 is 10.1 Å². The smallest absolute Gasteiger partial charge is 0.322 e. The lowest BCUT2D eigenvalue weighted by atomic mass is 10.0. The number of rotatable bonds is 4. The number of hydrogen-bond donors (Lipinski definition) is 1. The molecule has 0 bridgehead atoms. The highest BCUT2D eigenvalue weighted by atomic mass is 16.5. The zero-order valence-corrected chi connectivity index (χ0v) is 14.3. The summed E-state index contributed by atoms with van der Waals surface area (Å²) >= 11 is 0. The molecule has 0 radical (unpaired) electrons. The molecule has 2 heterocycles. The fourth-order valence-electron chi connectivity index (χ4n) is 3.31. The van der Waals surface area contributed by atoms with E-state index in [9.17, 15) is 4.79 Å². The second-order valence-corrected chi connectivity index (χ2v) is 5.97. The van der Waals surface area contributed by atoms with Gasteiger partial charge in [0.05, 0.1) is 18.8 Å². The summed E-state index contributed by atoms with van der Waals surface area (Å²) in [4.78, 5) is 14.6. The van der Waals surface area contributed by atoms with Gasteiger partial charge in [-0.3, -0.25) is 0 Å². The third-order valence-corrected chi connectivity index (χ3v) is 4.47. The van der Waals surface area contributed by atoms with Crippen molar-refractivity contribution in [2.24, 2.45) is 0 Å². The highest BCUT2D eigenvalue weighted by Gasteiger charge is 2.34. The summed E-state index contributed by atoms with van der Waals surface area (Å²) in [5.41, 5.74) is 2.66. The van der Waals surface area contributed by atoms with Gasteiger partial charge in [0, 0.05) is 30.3 Å². The Balaban J connectivity index is 1.79. The fraction of sp³-hybridized carbons (Fsp3) is 0.444. The second kappa shape index (κ2) is 6.95. The Morgan fingerprint density at radius 3 is 3.08 bits per heavy atom. The van der Waals surface area contributed by atoms with E-state index in [4.69, 9.17) is 9.26 Å². The molecular weight excluding hydrogens is 306 g/mol. The van der Waals surface area contributed by atoms with E-state index in [1.807, 2.05) is 43.0 Å². The van der Waals surface area contributed by atoms with Crippen molar-refractivity contribution in [3.63, 3.8) is 0 Å². The van der Waals surface area contributed by atoms with Crippen LogP contribution in [-0.2, 0) is 6.42 Å². The van der Waals surface area contributed by atoms with Gasteiger partial charge in [0.15, 0.2) is 0 Å². The Labute approximate surface area is 141 Å². The Kier molecular flexibility index (Phi) is 4.74. The van der Waals surface area contributed by atoms with Gasteiger partial charge < -0.3 is 19.5 Å². The van der Waals surface area contributed by atoms with Crippen molar-refractivity contribution in [1.82, 2.24) is 10.1 Å². The van der Waals surface area contributed by atoms with Gasteiger partial charge in [-0.25, -0.2) is 4.79 Å². The van der Waals surface area contributed by atoms with E-state index >= 15 is 0 Å². The maximum atomic E-state index is 12.8. The van der Waals surface area contributed by atoms with Crippen LogP contribution in [-0.4, -0.2) is 29.7 Å². The number of anilines is 1. The molecule has 24 heavy (non-hydrogen) atoms. The average Bonchev–Trinajstić information content (AvgIpc) is 3.20. The van der Waals surface area contributed by atoms with Crippen molar-refractivity contribution >= 4 is 11.7 Å². The normalized spacial score (nSPS) is 17.1. The highest BCUT2D eigenvalue weighted by molar-refractivity contribution is 5.90. The molecule has 2 aromatic rings. The first-order chi connectivity index (χ1) is 11.6. The lowest BCUT2D eigenvalue weighted by Gasteiger charge is -2.25. The predicted octanol–water partition coefficient (Wildman–Crippen LogP) is 3.92. The third-order valence-electron chi connectivity index (χ3n) is 4.47. The maximum absolute atomic E-state index is 12.8. The largest absolute Gasteiger partial charge is 0.497 e. The number of aryl methyl sites for hydroxylation is 2. The number of methoxy groups -OCH3 is 1. The minimum absolute atomic E-state index is 0.0248. The minimum atomic E-state index is -0.103. The molecule has 0 spiro atoms. The van der Waals surface area contributed by atoms with Crippen LogP contribution in [0.5, 0.6) is 5.75 Å². The number of hydrogen-bond acceptors (Lipinski definition) is 4. The molecule has 1 aliphatic heterocycles. The van der Waals surface area contributed by atoms with Gasteiger partial charge in [0.25, 0.3) is 0 Å². The number of carbonyl (C=O) groups excluding carboxylic acids is 1. The number of urea groups is 1. The van der Waals surface area contributed by atoms with Gasteiger partial charge in [-0.05, 0) is 31.9 Å². The van der Waals surface area contributed by atoms with E-state index in [1.54, 1.807) is 7.11 Å². The summed E-state index contributed by atoms with van der Waals surface area (Å²) in [7, 11) is 1.61. The topological polar surface area (TPSA) is 67.6 Å². The SMILES string of the molecule is CCc1onc(C)c1[C@@H]1CCCN1C(=O)Nc1cccc(OC)c1. The summed E-state index contributed by atoms with van der Waals surface area (Å²) in [5.74, 6) is 1.59. The molecule has 1 atom stereocenters. The molecule has 3 rings (SSSR count). The van der Waals surface area contributed by atoms with Gasteiger partial charge in [-0.1, -0.05) is 18.1 Å². The number of carbonyl (C=O) groups is 1. The van der Waals surface area contributed by atoms with Crippen LogP contribution in [0, 0.1) is 6.92 Å². The Morgan fingerprint density at radius 2 is 2.33 bits per heavy atom. The van der Waals surface area contributed by atoms with Crippen LogP contribution in [0.15, 0.2) is 28.8 Å². The van der Waals surface area contributed by atoms with Crippen LogP contribution in [0.1, 0.15) is 42.8 Å². The van der Waals surface area contributed by atoms with E-state index in [1.165, 1.54) is 0 Å². The molecule has 2 amide bonds. The molecule has 0 aliphatic carbocycles. The summed E-state index contributed by atoms with van der Waals surface area (Å²) in [6.45, 7) is 4.71. The van der Waals surface area contributed by atoms with E-state index < -0.39 is 0 Å². The molecule has 1 aromatic heterocycles. The van der Waals surface area contributed by atoms with Crippen LogP contribution >= 0.6 is 0 Å². The van der Waals surface area contributed by atoms with E-state index in [2.05, 4.69) is 10.5 Å². The highest BCUT2D eigenvalue weighted by Crippen LogP contribution is 2.36. The maximum Gasteiger partial charge on any atom is 0.322 e. The van der Waals surface area contributed by atoms with Gasteiger partial charge in [-0.15, -0.1) is 0 Å². The van der Waals surface area contributed by atoms with Crippen molar-refractivity contribution in [1.29, 1.82) is 0 Å². The molecule has 1 aliphatic rings. The average molecular weight is 329 g/mol. The molecule has 0 saturated carbocycles. The first-order valence-electron chi connectivity index (χ1n) is 8.30. The van der Waals surface area contributed by atoms with Crippen LogP contribution in [0.4, 0.5) is 10.5 Å². The number of benzene rings is 1. The zero-order chi connectivity index (χ0) is 17.1. The third kappa shape index (κ3) is 3.09. The van der Waals surface area contributed by atoms with Crippen molar-refractivity contribution in [3.05, 3.63) is 41.3 Å². The Bertz CT molecular complexity index is 726. The van der Waals surface area contributed by atoms with Crippen LogP contribution in [0.25, 0.3) is 0 Å². The van der Waals surface area contributed by atoms with Crippen LogP contribution in [0.2, 0.25) is 0 Å². The molecule has 1 saturated heterocycles. The van der Waals surface area contributed by atoms with E-state index in [0.717, 1.165) is 48.5 Å². The van der Waals surface area contributed by atoms with E-state index in [-0.39, 0.29) is 12.1 Å². The first-order valence-corrected chi connectivity index (χ1v) is 8.30. The van der Waals surface area contributed by atoms with Gasteiger partial charge in [0.2, 0.25) is 0 Å². The number of aromatic nitrogens is 1. The summed E-state index contributed by atoms with van der Waals surface area (Å²) in [6, 6.07) is 7.29. The van der Waals surface area contributed by atoms with Crippen molar-refractivity contribution in [3.8, 4) is 5.75 Å². The fourth-order valence-corrected chi connectivity index (χ4v) is 3.31. The molecule has 1 N–H and O–H groups in total. The minimum Gasteiger partial charge on any atom is -0.497 e. The molecule has 6 nitrogen and oxygen atoms in total. The quantitative estimate of drug-likeness (QED) is 0.923. The number of amides is 2. The van der Waals surface area contributed by atoms with Gasteiger partial charge in [-0.2, -0.15) is 0 Å². The molecule has 0 unspecified atom stereocenters. The second-order valence-electron chi connectivity index (χ2n) is 5.97. The lowest BCUT2D eigenvalue weighted by Crippen LogP contribution is -2.34. The Hall–Kier alpha value is -2.50. The molecule has 1 aromatic carbocycles. The molecular formula is C18H23N3O3. The van der Waals surface area contributed by atoms with Crippen LogP contribution in [0.3, 0.4) is 0 Å². The van der Waals surface area contributed by atoms with Gasteiger partial charge >= 0.3 is 6.03 Å². The molecule has 6 heteroatoms. The first kappa shape index (κ1) is 16.4. The molecule has 128 valence electrons. The standard InChI is InChI=1S/C18H23N3O3/c1-4-16-17(12(2)20-24-16)15-9-6-10-21(15)18(22)19-13-7-5-8-14(11-13)23-3/h5,7-8,11,15H,4,6,9-10H2,1-3H3,(H,19,22)/t15-/m0/s1. The Morgan fingerprint density at radius 1 is 1.50 bits per heavy atom. The predicted molar refractivity (Wildman–Crippen MR) is 91.3 cm³/mol. The number of likely N-dealkylation sites (tertiary alicyclic amines) is 1. The summed E-state index contributed by atoms with van der Waals surface area (Å²) in [5, 5.41) is 7.05. The summed E-state index contributed by atoms with van der Waals surface area (Å²) in [6.07, 6.45) is 2.68. The van der Waals surface area contributed by atoms with Crippen molar-refractivity contribution < 1.29 is 14.1 Å². The van der Waals surface area contributed by atoms with Gasteiger partial charge in [0.1, 0.15) is 11.5 Å². The number of ether oxygens (including phenoxy) is 1. The molecule has 1 fully saturated rings. The lowest BCUT2D eigenvalue weighted by molar-refractivity contribution is 0.206. The van der Waals surface area contributed by atoms with E-state index in [0.29, 0.717) is 5.75 Å². The monoisotopic (exact) mass is 329 g/mol. The van der Waals surface area contributed by atoms with Crippen molar-refractivity contribution in [2.45, 2.75) is 39.2 Å². The zero-order valence-electron chi connectivity index (χ0n) is 14.3. The summed E-state index contributed by atoms with van der Waals surface area (Å²) < 4.78 is 10.6. The number of nitrogens with one attached hydrogen (secondary N) is 1.